The molecule has 86 valence electrons. The Morgan fingerprint density at radius 1 is 1.44 bits per heavy atom. The maximum absolute atomic E-state index is 11.0. The van der Waals surface area contributed by atoms with E-state index in [4.69, 9.17) is 15.8 Å². The van der Waals surface area contributed by atoms with Crippen LogP contribution in [-0.4, -0.2) is 24.4 Å². The molecule has 0 aromatic heterocycles. The minimum atomic E-state index is -4.37. The van der Waals surface area contributed by atoms with E-state index in [0.717, 1.165) is 12.1 Å². The number of halogens is 1. The molecule has 0 unspecified atom stereocenters. The summed E-state index contributed by atoms with van der Waals surface area (Å²) in [5, 5.41) is 19.1. The van der Waals surface area contributed by atoms with E-state index in [9.17, 15) is 23.3 Å². The molecular formula is C7H4ClNO6S. The molecule has 9 heteroatoms. The van der Waals surface area contributed by atoms with Crippen molar-refractivity contribution >= 4 is 31.4 Å². The van der Waals surface area contributed by atoms with Gasteiger partial charge in [-0.2, -0.15) is 0 Å². The summed E-state index contributed by atoms with van der Waals surface area (Å²) < 4.78 is 22.0. The molecule has 0 aliphatic rings. The smallest absolute Gasteiger partial charge is 0.335 e. The molecule has 0 fully saturated rings. The van der Waals surface area contributed by atoms with Gasteiger partial charge in [0.25, 0.3) is 14.7 Å². The Bertz CT molecular complexity index is 566. The number of benzene rings is 1. The summed E-state index contributed by atoms with van der Waals surface area (Å²) in [6.07, 6.45) is 0. The number of nitro benzene ring substituents is 1. The van der Waals surface area contributed by atoms with Crippen molar-refractivity contribution in [3.05, 3.63) is 33.9 Å². The molecule has 0 heterocycles. The maximum Gasteiger partial charge on any atom is 0.335 e. The molecule has 0 radical (unpaired) electrons. The minimum Gasteiger partial charge on any atom is -0.478 e. The van der Waals surface area contributed by atoms with Crippen LogP contribution in [0.5, 0.6) is 0 Å². The summed E-state index contributed by atoms with van der Waals surface area (Å²) in [5.41, 5.74) is -1.16. The van der Waals surface area contributed by atoms with Crippen LogP contribution >= 0.6 is 10.7 Å². The van der Waals surface area contributed by atoms with Gasteiger partial charge in [-0.05, 0) is 12.1 Å². The summed E-state index contributed by atoms with van der Waals surface area (Å²) in [6, 6.07) is 2.34. The molecule has 0 spiro atoms. The molecule has 0 aliphatic carbocycles. The van der Waals surface area contributed by atoms with Gasteiger partial charge in [0.05, 0.1) is 10.5 Å². The van der Waals surface area contributed by atoms with Gasteiger partial charge in [-0.1, -0.05) is 0 Å². The Labute approximate surface area is 93.8 Å². The molecule has 1 aromatic carbocycles. The number of hydrogen-bond acceptors (Lipinski definition) is 5. The van der Waals surface area contributed by atoms with Crippen molar-refractivity contribution in [2.75, 3.05) is 0 Å². The van der Waals surface area contributed by atoms with E-state index in [1.807, 2.05) is 0 Å². The minimum absolute atomic E-state index is 0.398. The monoisotopic (exact) mass is 265 g/mol. The van der Waals surface area contributed by atoms with Gasteiger partial charge in [0.1, 0.15) is 0 Å². The van der Waals surface area contributed by atoms with Gasteiger partial charge in [0.15, 0.2) is 4.90 Å². The highest BCUT2D eigenvalue weighted by atomic mass is 35.7. The van der Waals surface area contributed by atoms with Crippen molar-refractivity contribution in [1.82, 2.24) is 0 Å². The molecule has 7 nitrogen and oxygen atoms in total. The van der Waals surface area contributed by atoms with E-state index >= 15 is 0 Å². The molecule has 1 N–H and O–H groups in total. The number of nitrogens with zero attached hydrogens (tertiary/aromatic N) is 1. The van der Waals surface area contributed by atoms with Crippen molar-refractivity contribution in [2.45, 2.75) is 4.90 Å². The first-order valence-electron chi connectivity index (χ1n) is 3.70. The molecule has 1 rings (SSSR count). The van der Waals surface area contributed by atoms with Gasteiger partial charge in [-0.15, -0.1) is 0 Å². The number of hydrogen-bond donors (Lipinski definition) is 1. The molecule has 0 aliphatic heterocycles. The van der Waals surface area contributed by atoms with Crippen LogP contribution in [-0.2, 0) is 9.05 Å². The van der Waals surface area contributed by atoms with Crippen LogP contribution in [0, 0.1) is 10.1 Å². The summed E-state index contributed by atoms with van der Waals surface area (Å²) >= 11 is 0. The molecule has 1 aromatic rings. The first kappa shape index (κ1) is 12.4. The molecule has 0 saturated carbocycles. The van der Waals surface area contributed by atoms with Crippen molar-refractivity contribution in [3.8, 4) is 0 Å². The average molecular weight is 266 g/mol. The van der Waals surface area contributed by atoms with E-state index < -0.39 is 36.1 Å². The number of carboxylic acid groups (broad SMARTS) is 1. The lowest BCUT2D eigenvalue weighted by atomic mass is 10.2. The SMILES string of the molecule is O=C(O)c1ccc([N+](=O)[O-])c(S(=O)(=O)Cl)c1. The number of rotatable bonds is 3. The second-order valence-electron chi connectivity index (χ2n) is 2.68. The molecule has 0 saturated heterocycles. The zero-order chi connectivity index (χ0) is 12.5. The topological polar surface area (TPSA) is 115 Å². The van der Waals surface area contributed by atoms with Crippen LogP contribution in [0.3, 0.4) is 0 Å². The van der Waals surface area contributed by atoms with Gasteiger partial charge in [0, 0.05) is 16.7 Å². The second kappa shape index (κ2) is 4.06. The molecular weight excluding hydrogens is 262 g/mol. The van der Waals surface area contributed by atoms with Gasteiger partial charge >= 0.3 is 5.97 Å². The van der Waals surface area contributed by atoms with Crippen LogP contribution in [0.25, 0.3) is 0 Å². The third-order valence-electron chi connectivity index (χ3n) is 1.67. The van der Waals surface area contributed by atoms with Crippen molar-refractivity contribution in [3.63, 3.8) is 0 Å². The number of carbonyl (C=O) groups is 1. The van der Waals surface area contributed by atoms with E-state index in [1.54, 1.807) is 0 Å². The molecule has 0 amide bonds. The van der Waals surface area contributed by atoms with Gasteiger partial charge in [-0.25, -0.2) is 13.2 Å². The molecule has 16 heavy (non-hydrogen) atoms. The van der Waals surface area contributed by atoms with Crippen molar-refractivity contribution in [1.29, 1.82) is 0 Å². The van der Waals surface area contributed by atoms with E-state index in [1.165, 1.54) is 0 Å². The standard InChI is InChI=1S/C7H4ClNO6S/c8-16(14,15)6-3-4(7(10)11)1-2-5(6)9(12)13/h1-3H,(H,10,11). The lowest BCUT2D eigenvalue weighted by molar-refractivity contribution is -0.387. The van der Waals surface area contributed by atoms with Crippen LogP contribution in [0.1, 0.15) is 10.4 Å². The largest absolute Gasteiger partial charge is 0.478 e. The highest BCUT2D eigenvalue weighted by Crippen LogP contribution is 2.27. The van der Waals surface area contributed by atoms with E-state index in [2.05, 4.69) is 0 Å². The normalized spacial score (nSPS) is 11.1. The fourth-order valence-corrected chi connectivity index (χ4v) is 2.02. The van der Waals surface area contributed by atoms with Crippen molar-refractivity contribution < 1.29 is 23.2 Å². The average Bonchev–Trinajstić information content (AvgIpc) is 2.15. The highest BCUT2D eigenvalue weighted by Gasteiger charge is 2.25. The molecule has 0 bridgehead atoms. The Morgan fingerprint density at radius 2 is 2.00 bits per heavy atom. The maximum atomic E-state index is 11.0. The van der Waals surface area contributed by atoms with Crippen LogP contribution in [0.4, 0.5) is 5.69 Å². The number of carboxylic acids is 1. The Morgan fingerprint density at radius 3 is 2.38 bits per heavy atom. The first-order chi connectivity index (χ1) is 7.23. The van der Waals surface area contributed by atoms with Crippen LogP contribution in [0.15, 0.2) is 23.1 Å². The Hall–Kier alpha value is -1.67. The lowest BCUT2D eigenvalue weighted by Crippen LogP contribution is -2.03. The second-order valence-corrected chi connectivity index (χ2v) is 5.22. The summed E-state index contributed by atoms with van der Waals surface area (Å²) in [5.74, 6) is -1.41. The van der Waals surface area contributed by atoms with Crippen LogP contribution < -0.4 is 0 Å². The lowest BCUT2D eigenvalue weighted by Gasteiger charge is -2.00. The van der Waals surface area contributed by atoms with Gasteiger partial charge < -0.3 is 5.11 Å². The van der Waals surface area contributed by atoms with Crippen LogP contribution in [0.2, 0.25) is 0 Å². The highest BCUT2D eigenvalue weighted by molar-refractivity contribution is 8.13. The fourth-order valence-electron chi connectivity index (χ4n) is 0.993. The van der Waals surface area contributed by atoms with Gasteiger partial charge in [0.2, 0.25) is 0 Å². The van der Waals surface area contributed by atoms with E-state index in [0.29, 0.717) is 6.07 Å². The fraction of sp³-hybridized carbons (Fsp3) is 0. The van der Waals surface area contributed by atoms with Gasteiger partial charge in [-0.3, -0.25) is 10.1 Å². The zero-order valence-corrected chi connectivity index (χ0v) is 9.03. The Balaban J connectivity index is 3.58. The number of nitro groups is 1. The number of aromatic carboxylic acids is 1. The van der Waals surface area contributed by atoms with Crippen molar-refractivity contribution in [2.24, 2.45) is 0 Å². The summed E-state index contributed by atoms with van der Waals surface area (Å²) in [6.45, 7) is 0. The quantitative estimate of drug-likeness (QED) is 0.499. The zero-order valence-electron chi connectivity index (χ0n) is 7.45. The van der Waals surface area contributed by atoms with E-state index in [-0.39, 0.29) is 0 Å². The third-order valence-corrected chi connectivity index (χ3v) is 3.02. The first-order valence-corrected chi connectivity index (χ1v) is 6.01. The summed E-state index contributed by atoms with van der Waals surface area (Å²) in [7, 11) is 0.592. The predicted molar refractivity (Wildman–Crippen MR) is 53.1 cm³/mol. The predicted octanol–water partition coefficient (Wildman–Crippen LogP) is 1.22. The Kier molecular flexibility index (Phi) is 3.15. The summed E-state index contributed by atoms with van der Waals surface area (Å²) in [4.78, 5) is 19.2. The third kappa shape index (κ3) is 2.47. The molecule has 0 atom stereocenters.